The molecule has 112 valence electrons. The molecule has 0 aromatic heterocycles. The highest BCUT2D eigenvalue weighted by Crippen LogP contribution is 2.28. The molecule has 0 unspecified atom stereocenters. The van der Waals surface area contributed by atoms with Gasteiger partial charge in [0.15, 0.2) is 11.5 Å². The van der Waals surface area contributed by atoms with Gasteiger partial charge in [-0.15, -0.1) is 0 Å². The Hall–Kier alpha value is -1.72. The molecule has 2 N–H and O–H groups in total. The van der Waals surface area contributed by atoms with Crippen LogP contribution >= 0.6 is 15.9 Å². The Morgan fingerprint density at radius 2 is 1.81 bits per heavy atom. The fourth-order valence-electron chi connectivity index (χ4n) is 2.03. The zero-order chi connectivity index (χ0) is 15.2. The zero-order valence-corrected chi connectivity index (χ0v) is 13.6. The summed E-state index contributed by atoms with van der Waals surface area (Å²) in [5.74, 6) is 1.70. The second-order valence-corrected chi connectivity index (χ2v) is 5.39. The molecular formula is C16H18BrNO3. The van der Waals surface area contributed by atoms with Crippen molar-refractivity contribution in [2.45, 2.75) is 13.1 Å². The van der Waals surface area contributed by atoms with Crippen LogP contribution < -0.4 is 14.8 Å². The molecule has 2 aromatic rings. The fraction of sp³-hybridized carbons (Fsp3) is 0.250. The van der Waals surface area contributed by atoms with Crippen LogP contribution in [0.4, 0.5) is 0 Å². The highest BCUT2D eigenvalue weighted by molar-refractivity contribution is 9.10. The monoisotopic (exact) mass is 351 g/mol. The number of phenolic OH excluding ortho intramolecular Hbond substituents is 1. The average molecular weight is 352 g/mol. The maximum atomic E-state index is 9.92. The number of benzene rings is 2. The second kappa shape index (κ2) is 7.33. The van der Waals surface area contributed by atoms with E-state index in [9.17, 15) is 5.11 Å². The van der Waals surface area contributed by atoms with Gasteiger partial charge in [0.25, 0.3) is 0 Å². The number of nitrogens with one attached hydrogen (secondary N) is 1. The molecule has 0 aliphatic rings. The van der Waals surface area contributed by atoms with E-state index in [1.807, 2.05) is 36.4 Å². The van der Waals surface area contributed by atoms with E-state index in [2.05, 4.69) is 21.2 Å². The lowest BCUT2D eigenvalue weighted by molar-refractivity contribution is 0.354. The van der Waals surface area contributed by atoms with Crippen molar-refractivity contribution in [3.05, 3.63) is 52.0 Å². The lowest BCUT2D eigenvalue weighted by Crippen LogP contribution is -2.13. The summed E-state index contributed by atoms with van der Waals surface area (Å²) in [5, 5.41) is 13.2. The van der Waals surface area contributed by atoms with Crippen molar-refractivity contribution in [1.82, 2.24) is 5.32 Å². The number of hydrogen-bond acceptors (Lipinski definition) is 4. The van der Waals surface area contributed by atoms with E-state index in [-0.39, 0.29) is 5.75 Å². The third-order valence-electron chi connectivity index (χ3n) is 3.16. The van der Waals surface area contributed by atoms with Crippen LogP contribution in [-0.4, -0.2) is 19.3 Å². The molecule has 0 heterocycles. The van der Waals surface area contributed by atoms with E-state index >= 15 is 0 Å². The first-order valence-electron chi connectivity index (χ1n) is 6.53. The molecule has 0 amide bonds. The highest BCUT2D eigenvalue weighted by Gasteiger charge is 2.06. The van der Waals surface area contributed by atoms with Crippen molar-refractivity contribution in [1.29, 1.82) is 0 Å². The first kappa shape index (κ1) is 15.7. The summed E-state index contributed by atoms with van der Waals surface area (Å²) in [6, 6.07) is 11.4. The van der Waals surface area contributed by atoms with Gasteiger partial charge in [0.2, 0.25) is 0 Å². The van der Waals surface area contributed by atoms with Crippen LogP contribution in [0.1, 0.15) is 11.1 Å². The van der Waals surface area contributed by atoms with Gasteiger partial charge in [0, 0.05) is 18.7 Å². The Morgan fingerprint density at radius 3 is 2.52 bits per heavy atom. The number of aromatic hydroxyl groups is 1. The number of halogens is 1. The van der Waals surface area contributed by atoms with Crippen LogP contribution in [0.15, 0.2) is 40.9 Å². The Morgan fingerprint density at radius 1 is 1.05 bits per heavy atom. The molecule has 0 saturated heterocycles. The molecule has 5 heteroatoms. The quantitative estimate of drug-likeness (QED) is 0.836. The number of hydrogen-bond donors (Lipinski definition) is 2. The topological polar surface area (TPSA) is 50.7 Å². The Kier molecular flexibility index (Phi) is 5.47. The number of phenols is 1. The molecule has 0 fully saturated rings. The molecule has 0 saturated carbocycles. The smallest absolute Gasteiger partial charge is 0.161 e. The number of ether oxygens (including phenoxy) is 2. The van der Waals surface area contributed by atoms with Gasteiger partial charge in [-0.25, -0.2) is 0 Å². The van der Waals surface area contributed by atoms with Gasteiger partial charge in [0.05, 0.1) is 18.7 Å². The third-order valence-corrected chi connectivity index (χ3v) is 3.80. The van der Waals surface area contributed by atoms with Gasteiger partial charge < -0.3 is 19.9 Å². The molecule has 21 heavy (non-hydrogen) atoms. The predicted octanol–water partition coefficient (Wildman–Crippen LogP) is 3.46. The van der Waals surface area contributed by atoms with Gasteiger partial charge in [-0.05, 0) is 39.7 Å². The van der Waals surface area contributed by atoms with E-state index in [1.54, 1.807) is 14.2 Å². The van der Waals surface area contributed by atoms with E-state index < -0.39 is 0 Å². The van der Waals surface area contributed by atoms with Crippen molar-refractivity contribution in [2.24, 2.45) is 0 Å². The summed E-state index contributed by atoms with van der Waals surface area (Å²) in [5.41, 5.74) is 1.94. The SMILES string of the molecule is COc1ccc(CNCc2cccc(Br)c2O)cc1OC. The number of para-hydroxylation sites is 1. The highest BCUT2D eigenvalue weighted by atomic mass is 79.9. The van der Waals surface area contributed by atoms with Gasteiger partial charge in [-0.2, -0.15) is 0 Å². The van der Waals surface area contributed by atoms with Crippen LogP contribution in [-0.2, 0) is 13.1 Å². The predicted molar refractivity (Wildman–Crippen MR) is 85.9 cm³/mol. The standard InChI is InChI=1S/C16H18BrNO3/c1-20-14-7-6-11(8-15(14)21-2)9-18-10-12-4-3-5-13(17)16(12)19/h3-8,18-19H,9-10H2,1-2H3. The summed E-state index contributed by atoms with van der Waals surface area (Å²) in [7, 11) is 3.24. The van der Waals surface area contributed by atoms with Crippen LogP contribution in [0, 0.1) is 0 Å². The number of methoxy groups -OCH3 is 2. The molecule has 4 nitrogen and oxygen atoms in total. The summed E-state index contributed by atoms with van der Waals surface area (Å²) in [6.07, 6.45) is 0. The molecule has 0 spiro atoms. The van der Waals surface area contributed by atoms with Gasteiger partial charge >= 0.3 is 0 Å². The Bertz CT molecular complexity index is 616. The van der Waals surface area contributed by atoms with E-state index in [0.717, 1.165) is 11.1 Å². The molecule has 2 aromatic carbocycles. The maximum Gasteiger partial charge on any atom is 0.161 e. The van der Waals surface area contributed by atoms with Crippen molar-refractivity contribution in [2.75, 3.05) is 14.2 Å². The summed E-state index contributed by atoms with van der Waals surface area (Å²) < 4.78 is 11.2. The minimum absolute atomic E-state index is 0.275. The van der Waals surface area contributed by atoms with Gasteiger partial charge in [-0.1, -0.05) is 18.2 Å². The minimum atomic E-state index is 0.275. The van der Waals surface area contributed by atoms with Crippen molar-refractivity contribution < 1.29 is 14.6 Å². The maximum absolute atomic E-state index is 9.92. The van der Waals surface area contributed by atoms with Gasteiger partial charge in [0.1, 0.15) is 5.75 Å². The van der Waals surface area contributed by atoms with Crippen LogP contribution in [0.3, 0.4) is 0 Å². The van der Waals surface area contributed by atoms with E-state index in [4.69, 9.17) is 9.47 Å². The molecule has 0 aliphatic heterocycles. The molecule has 0 bridgehead atoms. The largest absolute Gasteiger partial charge is 0.506 e. The Balaban J connectivity index is 1.99. The first-order chi connectivity index (χ1) is 10.2. The molecule has 0 aliphatic carbocycles. The van der Waals surface area contributed by atoms with E-state index in [0.29, 0.717) is 29.1 Å². The minimum Gasteiger partial charge on any atom is -0.506 e. The lowest BCUT2D eigenvalue weighted by atomic mass is 10.1. The first-order valence-corrected chi connectivity index (χ1v) is 7.33. The van der Waals surface area contributed by atoms with Gasteiger partial charge in [-0.3, -0.25) is 0 Å². The molecular weight excluding hydrogens is 334 g/mol. The van der Waals surface area contributed by atoms with Crippen molar-refractivity contribution >= 4 is 15.9 Å². The third kappa shape index (κ3) is 3.89. The van der Waals surface area contributed by atoms with Crippen LogP contribution in [0.2, 0.25) is 0 Å². The summed E-state index contributed by atoms with van der Waals surface area (Å²) in [4.78, 5) is 0. The molecule has 0 atom stereocenters. The average Bonchev–Trinajstić information content (AvgIpc) is 2.51. The normalized spacial score (nSPS) is 10.4. The van der Waals surface area contributed by atoms with Crippen LogP contribution in [0.5, 0.6) is 17.2 Å². The van der Waals surface area contributed by atoms with E-state index in [1.165, 1.54) is 0 Å². The summed E-state index contributed by atoms with van der Waals surface area (Å²) >= 11 is 3.31. The molecule has 0 radical (unpaired) electrons. The Labute approximate surface area is 132 Å². The molecule has 2 rings (SSSR count). The zero-order valence-electron chi connectivity index (χ0n) is 12.0. The fourth-order valence-corrected chi connectivity index (χ4v) is 2.44. The lowest BCUT2D eigenvalue weighted by Gasteiger charge is -2.11. The number of rotatable bonds is 6. The van der Waals surface area contributed by atoms with Crippen LogP contribution in [0.25, 0.3) is 0 Å². The summed E-state index contributed by atoms with van der Waals surface area (Å²) in [6.45, 7) is 1.26. The second-order valence-electron chi connectivity index (χ2n) is 4.54. The van der Waals surface area contributed by atoms with Crippen molar-refractivity contribution in [3.63, 3.8) is 0 Å². The van der Waals surface area contributed by atoms with Crippen molar-refractivity contribution in [3.8, 4) is 17.2 Å².